The van der Waals surface area contributed by atoms with Crippen LogP contribution in [0, 0.1) is 17.5 Å². The summed E-state index contributed by atoms with van der Waals surface area (Å²) >= 11 is 0. The topological polar surface area (TPSA) is 30.5 Å². The van der Waals surface area contributed by atoms with Gasteiger partial charge >= 0.3 is 12.5 Å². The van der Waals surface area contributed by atoms with Gasteiger partial charge in [0.15, 0.2) is 17.5 Å². The number of nitrogens with one attached hydrogen (secondary N) is 1. The van der Waals surface area contributed by atoms with E-state index >= 15 is 0 Å². The zero-order valence-electron chi connectivity index (χ0n) is 16.0. The fraction of sp³-hybridized carbons (Fsp3) is 0.182. The van der Waals surface area contributed by atoms with Gasteiger partial charge in [-0.2, -0.15) is 17.6 Å². The first-order valence-corrected chi connectivity index (χ1v) is 9.28. The molecule has 0 amide bonds. The molecule has 0 fully saturated rings. The van der Waals surface area contributed by atoms with Gasteiger partial charge in [0.2, 0.25) is 0 Å². The van der Waals surface area contributed by atoms with Crippen LogP contribution in [0.3, 0.4) is 0 Å². The van der Waals surface area contributed by atoms with E-state index in [1.54, 1.807) is 18.2 Å². The molecule has 3 aromatic carbocycles. The number of alkyl halides is 4. The van der Waals surface area contributed by atoms with Gasteiger partial charge in [-0.25, -0.2) is 13.2 Å². The Labute approximate surface area is 177 Å². The van der Waals surface area contributed by atoms with Crippen molar-refractivity contribution in [3.8, 4) is 22.6 Å². The van der Waals surface area contributed by atoms with E-state index in [0.29, 0.717) is 16.8 Å². The van der Waals surface area contributed by atoms with Crippen LogP contribution < -0.4 is 14.8 Å². The summed E-state index contributed by atoms with van der Waals surface area (Å²) < 4.78 is 102. The van der Waals surface area contributed by atoms with Gasteiger partial charge in [0.25, 0.3) is 0 Å². The normalized spacial score (nSPS) is 15.7. The molecule has 1 aliphatic rings. The average Bonchev–Trinajstić information content (AvgIpc) is 2.76. The van der Waals surface area contributed by atoms with Crippen molar-refractivity contribution in [1.82, 2.24) is 0 Å². The van der Waals surface area contributed by atoms with Crippen LogP contribution in [0.5, 0.6) is 11.5 Å². The van der Waals surface area contributed by atoms with Crippen LogP contribution in [0.15, 0.2) is 54.6 Å². The van der Waals surface area contributed by atoms with Gasteiger partial charge in [-0.15, -0.1) is 0 Å². The molecule has 168 valence electrons. The molecule has 0 aromatic heterocycles. The third kappa shape index (κ3) is 4.17. The maximum Gasteiger partial charge on any atom is 0.461 e. The number of rotatable bonds is 5. The minimum atomic E-state index is -4.64. The van der Waals surface area contributed by atoms with Crippen molar-refractivity contribution < 1.29 is 40.2 Å². The summed E-state index contributed by atoms with van der Waals surface area (Å²) in [7, 11) is 0. The van der Waals surface area contributed by atoms with E-state index in [0.717, 1.165) is 18.2 Å². The molecule has 0 radical (unpaired) electrons. The Balaban J connectivity index is 1.61. The van der Waals surface area contributed by atoms with E-state index in [-0.39, 0.29) is 17.9 Å². The first kappa shape index (κ1) is 21.8. The molecule has 3 nitrogen and oxygen atoms in total. The largest absolute Gasteiger partial charge is 0.488 e. The summed E-state index contributed by atoms with van der Waals surface area (Å²) in [6, 6.07) is 11.1. The maximum absolute atomic E-state index is 13.7. The van der Waals surface area contributed by atoms with Crippen molar-refractivity contribution >= 4 is 5.69 Å². The molecule has 32 heavy (non-hydrogen) atoms. The van der Waals surface area contributed by atoms with Gasteiger partial charge in [0.05, 0.1) is 11.7 Å². The van der Waals surface area contributed by atoms with Crippen molar-refractivity contribution in [3.05, 3.63) is 77.6 Å². The number of halogens is 7. The number of hydrogen-bond acceptors (Lipinski definition) is 3. The van der Waals surface area contributed by atoms with Crippen LogP contribution in [0.4, 0.5) is 36.4 Å². The summed E-state index contributed by atoms with van der Waals surface area (Å²) in [5.74, 6) is -4.48. The Kier molecular flexibility index (Phi) is 5.62. The van der Waals surface area contributed by atoms with Crippen molar-refractivity contribution in [1.29, 1.82) is 0 Å². The summed E-state index contributed by atoms with van der Waals surface area (Å²) in [6.07, 6.45) is -8.63. The number of fused-ring (bicyclic) bond motifs is 1. The summed E-state index contributed by atoms with van der Waals surface area (Å²) in [5.41, 5.74) is 1.21. The molecule has 0 unspecified atom stereocenters. The molecule has 0 bridgehead atoms. The number of para-hydroxylation sites is 1. The molecule has 0 saturated carbocycles. The lowest BCUT2D eigenvalue weighted by atomic mass is 10.00. The molecular formula is C22H14F7NO2. The van der Waals surface area contributed by atoms with Gasteiger partial charge < -0.3 is 14.8 Å². The van der Waals surface area contributed by atoms with Crippen LogP contribution in [0.1, 0.15) is 11.6 Å². The van der Waals surface area contributed by atoms with Gasteiger partial charge in [-0.3, -0.25) is 0 Å². The molecule has 1 heterocycles. The van der Waals surface area contributed by atoms with Crippen molar-refractivity contribution in [3.63, 3.8) is 0 Å². The highest BCUT2D eigenvalue weighted by Gasteiger charge is 2.44. The molecule has 1 atom stereocenters. The maximum atomic E-state index is 13.7. The summed E-state index contributed by atoms with van der Waals surface area (Å²) in [5, 5.41) is 3.10. The van der Waals surface area contributed by atoms with Crippen LogP contribution in [0.25, 0.3) is 11.1 Å². The van der Waals surface area contributed by atoms with Crippen molar-refractivity contribution in [2.75, 3.05) is 11.9 Å². The lowest BCUT2D eigenvalue weighted by Gasteiger charge is -2.29. The number of hydrogen-bond donors (Lipinski definition) is 1. The SMILES string of the molecule is Fc1cc(-c2cccc3c2OC[C@H](c2cccc(OC(F)(F)C(F)F)c2)N3)cc(F)c1F. The van der Waals surface area contributed by atoms with E-state index < -0.39 is 41.8 Å². The lowest BCUT2D eigenvalue weighted by Crippen LogP contribution is -2.33. The smallest absolute Gasteiger partial charge is 0.461 e. The predicted molar refractivity (Wildman–Crippen MR) is 102 cm³/mol. The Morgan fingerprint density at radius 2 is 1.66 bits per heavy atom. The summed E-state index contributed by atoms with van der Waals surface area (Å²) in [6.45, 7) is -0.0230. The molecule has 3 aromatic rings. The van der Waals surface area contributed by atoms with E-state index in [1.807, 2.05) is 0 Å². The van der Waals surface area contributed by atoms with Gasteiger partial charge in [0.1, 0.15) is 18.1 Å². The van der Waals surface area contributed by atoms with Crippen LogP contribution in [0.2, 0.25) is 0 Å². The Hall–Kier alpha value is -3.43. The van der Waals surface area contributed by atoms with Crippen LogP contribution in [-0.2, 0) is 0 Å². The fourth-order valence-electron chi connectivity index (χ4n) is 3.32. The van der Waals surface area contributed by atoms with Gasteiger partial charge in [-0.1, -0.05) is 24.3 Å². The molecule has 0 aliphatic carbocycles. The molecule has 1 aliphatic heterocycles. The summed E-state index contributed by atoms with van der Waals surface area (Å²) in [4.78, 5) is 0. The van der Waals surface area contributed by atoms with E-state index in [9.17, 15) is 30.7 Å². The van der Waals surface area contributed by atoms with Gasteiger partial charge in [0, 0.05) is 5.56 Å². The predicted octanol–water partition coefficient (Wildman–Crippen LogP) is 6.55. The zero-order chi connectivity index (χ0) is 23.0. The number of benzene rings is 3. The van der Waals surface area contributed by atoms with E-state index in [4.69, 9.17) is 4.74 Å². The van der Waals surface area contributed by atoms with E-state index in [2.05, 4.69) is 10.1 Å². The highest BCUT2D eigenvalue weighted by Crippen LogP contribution is 2.42. The minimum Gasteiger partial charge on any atom is -0.488 e. The highest BCUT2D eigenvalue weighted by molar-refractivity contribution is 5.79. The van der Waals surface area contributed by atoms with E-state index in [1.165, 1.54) is 18.2 Å². The first-order chi connectivity index (χ1) is 15.2. The van der Waals surface area contributed by atoms with Crippen LogP contribution in [-0.4, -0.2) is 19.1 Å². The molecule has 1 N–H and O–H groups in total. The molecule has 0 spiro atoms. The molecule has 10 heteroatoms. The van der Waals surface area contributed by atoms with Crippen molar-refractivity contribution in [2.45, 2.75) is 18.6 Å². The second kappa shape index (κ2) is 8.25. The molecular weight excluding hydrogens is 443 g/mol. The molecule has 0 saturated heterocycles. The highest BCUT2D eigenvalue weighted by atomic mass is 19.3. The fourth-order valence-corrected chi connectivity index (χ4v) is 3.32. The third-order valence-electron chi connectivity index (χ3n) is 4.80. The quantitative estimate of drug-likeness (QED) is 0.348. The molecule has 4 rings (SSSR count). The van der Waals surface area contributed by atoms with Crippen molar-refractivity contribution in [2.24, 2.45) is 0 Å². The Morgan fingerprint density at radius 1 is 0.969 bits per heavy atom. The monoisotopic (exact) mass is 457 g/mol. The van der Waals surface area contributed by atoms with Gasteiger partial charge in [-0.05, 0) is 41.5 Å². The average molecular weight is 457 g/mol. The first-order valence-electron chi connectivity index (χ1n) is 9.28. The Morgan fingerprint density at radius 3 is 2.34 bits per heavy atom. The minimum absolute atomic E-state index is 0.0230. The second-order valence-electron chi connectivity index (χ2n) is 6.98. The standard InChI is InChI=1S/C22H14F7NO2/c23-15-8-12(9-16(24)19(15)25)14-5-2-6-17-20(14)31-10-18(30-17)11-3-1-4-13(7-11)32-22(28,29)21(26)27/h1-9,18,21,30H,10H2/t18-/m1/s1. The Bertz CT molecular complexity index is 1130. The zero-order valence-corrected chi connectivity index (χ0v) is 16.0. The second-order valence-corrected chi connectivity index (χ2v) is 6.98. The number of anilines is 1. The third-order valence-corrected chi connectivity index (χ3v) is 4.80. The van der Waals surface area contributed by atoms with Crippen LogP contribution >= 0.6 is 0 Å². The lowest BCUT2D eigenvalue weighted by molar-refractivity contribution is -0.253. The number of ether oxygens (including phenoxy) is 2.